The van der Waals surface area contributed by atoms with Crippen LogP contribution in [0.4, 0.5) is 4.79 Å². The van der Waals surface area contributed by atoms with E-state index in [0.717, 1.165) is 28.2 Å². The highest BCUT2D eigenvalue weighted by Crippen LogP contribution is 2.35. The van der Waals surface area contributed by atoms with E-state index in [1.54, 1.807) is 23.9 Å². The molecule has 1 fully saturated rings. The molecular weight excluding hydrogens is 444 g/mol. The largest absolute Gasteiger partial charge is 0.497 e. The molecule has 0 N–H and O–H groups in total. The molecule has 0 aliphatic carbocycles. The van der Waals surface area contributed by atoms with E-state index in [0.29, 0.717) is 39.2 Å². The van der Waals surface area contributed by atoms with Gasteiger partial charge in [-0.2, -0.15) is 5.10 Å². The molecule has 1 atom stereocenters. The Morgan fingerprint density at radius 1 is 1.06 bits per heavy atom. The maximum atomic E-state index is 13.5. The fraction of sp³-hybridized carbons (Fsp3) is 0.444. The summed E-state index contributed by atoms with van der Waals surface area (Å²) in [6.07, 6.45) is 0.346. The minimum absolute atomic E-state index is 0.0535. The third-order valence-corrected chi connectivity index (χ3v) is 6.59. The van der Waals surface area contributed by atoms with E-state index in [2.05, 4.69) is 36.9 Å². The molecule has 2 aromatic rings. The van der Waals surface area contributed by atoms with Crippen LogP contribution in [-0.4, -0.2) is 79.0 Å². The van der Waals surface area contributed by atoms with Crippen molar-refractivity contribution in [3.05, 3.63) is 64.7 Å². The first-order valence-electron chi connectivity index (χ1n) is 12.1. The SMILES string of the molecule is CCOC(=O)N1CCN(CC(=O)N2N=C(c3ccc(C)cc3C)CC2c2cccc(OC)c2)CC1. The van der Waals surface area contributed by atoms with Gasteiger partial charge in [0, 0.05) is 38.2 Å². The van der Waals surface area contributed by atoms with Crippen molar-refractivity contribution in [1.29, 1.82) is 0 Å². The number of rotatable bonds is 6. The van der Waals surface area contributed by atoms with Gasteiger partial charge in [-0.05, 0) is 44.0 Å². The van der Waals surface area contributed by atoms with Crippen LogP contribution in [0.25, 0.3) is 0 Å². The lowest BCUT2D eigenvalue weighted by Crippen LogP contribution is -2.51. The third-order valence-electron chi connectivity index (χ3n) is 6.59. The first-order valence-corrected chi connectivity index (χ1v) is 12.1. The predicted octanol–water partition coefficient (Wildman–Crippen LogP) is 3.76. The number of amides is 2. The van der Waals surface area contributed by atoms with Crippen molar-refractivity contribution in [2.45, 2.75) is 33.2 Å². The van der Waals surface area contributed by atoms with Gasteiger partial charge in [-0.1, -0.05) is 35.9 Å². The van der Waals surface area contributed by atoms with Crippen LogP contribution in [0, 0.1) is 13.8 Å². The Labute approximate surface area is 207 Å². The average molecular weight is 479 g/mol. The van der Waals surface area contributed by atoms with Gasteiger partial charge in [-0.15, -0.1) is 0 Å². The van der Waals surface area contributed by atoms with Crippen LogP contribution in [0.15, 0.2) is 47.6 Å². The number of hydrazone groups is 1. The minimum atomic E-state index is -0.293. The molecule has 8 heteroatoms. The second-order valence-electron chi connectivity index (χ2n) is 9.06. The predicted molar refractivity (Wildman–Crippen MR) is 135 cm³/mol. The summed E-state index contributed by atoms with van der Waals surface area (Å²) in [5, 5.41) is 6.48. The van der Waals surface area contributed by atoms with Gasteiger partial charge >= 0.3 is 6.09 Å². The van der Waals surface area contributed by atoms with Crippen LogP contribution in [-0.2, 0) is 9.53 Å². The van der Waals surface area contributed by atoms with E-state index in [9.17, 15) is 9.59 Å². The number of piperazine rings is 1. The minimum Gasteiger partial charge on any atom is -0.497 e. The molecule has 4 rings (SSSR count). The van der Waals surface area contributed by atoms with Crippen molar-refractivity contribution in [2.75, 3.05) is 46.4 Å². The van der Waals surface area contributed by atoms with E-state index in [4.69, 9.17) is 14.6 Å². The second-order valence-corrected chi connectivity index (χ2v) is 9.06. The number of aryl methyl sites for hydroxylation is 2. The number of ether oxygens (including phenoxy) is 2. The lowest BCUT2D eigenvalue weighted by atomic mass is 9.95. The summed E-state index contributed by atoms with van der Waals surface area (Å²) in [6, 6.07) is 14.0. The smallest absolute Gasteiger partial charge is 0.409 e. The van der Waals surface area contributed by atoms with E-state index >= 15 is 0 Å². The molecule has 1 unspecified atom stereocenters. The van der Waals surface area contributed by atoms with Gasteiger partial charge in [0.05, 0.1) is 32.0 Å². The number of methoxy groups -OCH3 is 1. The maximum Gasteiger partial charge on any atom is 0.409 e. The molecule has 2 amide bonds. The monoisotopic (exact) mass is 478 g/mol. The molecule has 1 saturated heterocycles. The lowest BCUT2D eigenvalue weighted by molar-refractivity contribution is -0.134. The highest BCUT2D eigenvalue weighted by Gasteiger charge is 2.35. The van der Waals surface area contributed by atoms with Gasteiger partial charge in [0.1, 0.15) is 5.75 Å². The first kappa shape index (κ1) is 24.7. The fourth-order valence-electron chi connectivity index (χ4n) is 4.72. The second kappa shape index (κ2) is 10.9. The number of benzene rings is 2. The van der Waals surface area contributed by atoms with Gasteiger partial charge in [0.25, 0.3) is 5.91 Å². The fourth-order valence-corrected chi connectivity index (χ4v) is 4.72. The molecule has 2 aliphatic heterocycles. The van der Waals surface area contributed by atoms with Crippen molar-refractivity contribution in [3.63, 3.8) is 0 Å². The molecule has 2 aromatic carbocycles. The molecular formula is C27H34N4O4. The van der Waals surface area contributed by atoms with Gasteiger partial charge in [-0.3, -0.25) is 9.69 Å². The zero-order valence-corrected chi connectivity index (χ0v) is 21.0. The highest BCUT2D eigenvalue weighted by atomic mass is 16.6. The summed E-state index contributed by atoms with van der Waals surface area (Å²) in [7, 11) is 1.64. The Bertz CT molecular complexity index is 1110. The molecule has 0 spiro atoms. The third kappa shape index (κ3) is 5.65. The van der Waals surface area contributed by atoms with Crippen LogP contribution in [0.3, 0.4) is 0 Å². The first-order chi connectivity index (χ1) is 16.9. The summed E-state index contributed by atoms with van der Waals surface area (Å²) in [4.78, 5) is 29.3. The normalized spacial score (nSPS) is 18.4. The lowest BCUT2D eigenvalue weighted by Gasteiger charge is -2.34. The van der Waals surface area contributed by atoms with Gasteiger partial charge in [0.15, 0.2) is 0 Å². The van der Waals surface area contributed by atoms with E-state index < -0.39 is 0 Å². The average Bonchev–Trinajstić information content (AvgIpc) is 3.30. The standard InChI is InChI=1S/C27H34N4O4/c1-5-35-27(33)30-13-11-29(12-14-30)18-26(32)31-25(21-7-6-8-22(16-21)34-4)17-24(28-31)23-10-9-19(2)15-20(23)3/h6-10,15-16,25H,5,11-14,17-18H2,1-4H3. The van der Waals surface area contributed by atoms with Crippen LogP contribution in [0.2, 0.25) is 0 Å². The van der Waals surface area contributed by atoms with Gasteiger partial charge < -0.3 is 14.4 Å². The Morgan fingerprint density at radius 3 is 2.51 bits per heavy atom. The number of hydrogen-bond acceptors (Lipinski definition) is 6. The molecule has 8 nitrogen and oxygen atoms in total. The van der Waals surface area contributed by atoms with Crippen LogP contribution in [0.5, 0.6) is 5.75 Å². The van der Waals surface area contributed by atoms with Crippen molar-refractivity contribution >= 4 is 17.7 Å². The van der Waals surface area contributed by atoms with Gasteiger partial charge in [-0.25, -0.2) is 9.80 Å². The Morgan fingerprint density at radius 2 is 1.83 bits per heavy atom. The Hall–Kier alpha value is -3.39. The molecule has 0 bridgehead atoms. The van der Waals surface area contributed by atoms with Crippen LogP contribution in [0.1, 0.15) is 41.6 Å². The summed E-state index contributed by atoms with van der Waals surface area (Å²) < 4.78 is 10.5. The quantitative estimate of drug-likeness (QED) is 0.632. The van der Waals surface area contributed by atoms with Gasteiger partial charge in [0.2, 0.25) is 0 Å². The number of nitrogens with zero attached hydrogens (tertiary/aromatic N) is 4. The summed E-state index contributed by atoms with van der Waals surface area (Å²) in [6.45, 7) is 8.90. The van der Waals surface area contributed by atoms with Crippen molar-refractivity contribution in [2.24, 2.45) is 5.10 Å². The number of carbonyl (C=O) groups excluding carboxylic acids is 2. The molecule has 0 saturated carbocycles. The number of hydrogen-bond donors (Lipinski definition) is 0. The molecule has 0 aromatic heterocycles. The molecule has 2 aliphatic rings. The molecule has 0 radical (unpaired) electrons. The van der Waals surface area contributed by atoms with E-state index in [1.807, 2.05) is 24.3 Å². The molecule has 35 heavy (non-hydrogen) atoms. The van der Waals surface area contributed by atoms with E-state index in [1.165, 1.54) is 5.56 Å². The number of carbonyl (C=O) groups is 2. The summed E-state index contributed by atoms with van der Waals surface area (Å²) in [5.41, 5.74) is 5.33. The molecule has 186 valence electrons. The Balaban J connectivity index is 1.53. The van der Waals surface area contributed by atoms with Crippen molar-refractivity contribution in [1.82, 2.24) is 14.8 Å². The van der Waals surface area contributed by atoms with E-state index in [-0.39, 0.29) is 24.6 Å². The highest BCUT2D eigenvalue weighted by molar-refractivity contribution is 6.04. The van der Waals surface area contributed by atoms with Crippen molar-refractivity contribution in [3.8, 4) is 5.75 Å². The summed E-state index contributed by atoms with van der Waals surface area (Å²) >= 11 is 0. The Kier molecular flexibility index (Phi) is 7.70. The maximum absolute atomic E-state index is 13.5. The topological polar surface area (TPSA) is 74.7 Å². The zero-order chi connectivity index (χ0) is 24.9. The molecule has 2 heterocycles. The zero-order valence-electron chi connectivity index (χ0n) is 21.0. The summed E-state index contributed by atoms with van der Waals surface area (Å²) in [5.74, 6) is 0.701. The van der Waals surface area contributed by atoms with Crippen LogP contribution >= 0.6 is 0 Å². The van der Waals surface area contributed by atoms with Crippen LogP contribution < -0.4 is 4.74 Å². The van der Waals surface area contributed by atoms with Crippen molar-refractivity contribution < 1.29 is 19.1 Å².